The molecule has 4 nitrogen and oxygen atoms in total. The lowest BCUT2D eigenvalue weighted by molar-refractivity contribution is -0.130. The smallest absolute Gasteiger partial charge is 0.229 e. The molecule has 158 valence electrons. The lowest BCUT2D eigenvalue weighted by Gasteiger charge is -2.41. The van der Waals surface area contributed by atoms with Crippen LogP contribution in [-0.4, -0.2) is 17.2 Å². The molecule has 1 saturated carbocycles. The van der Waals surface area contributed by atoms with Crippen LogP contribution in [0.25, 0.3) is 10.6 Å². The molecule has 0 radical (unpaired) electrons. The molecule has 4 aliphatic carbocycles. The molecule has 2 aromatic rings. The van der Waals surface area contributed by atoms with E-state index in [0.717, 1.165) is 59.7 Å². The molecule has 6 rings (SSSR count). The van der Waals surface area contributed by atoms with E-state index in [9.17, 15) is 9.59 Å². The quantitative estimate of drug-likeness (QED) is 0.493. The van der Waals surface area contributed by atoms with E-state index in [1.165, 1.54) is 10.4 Å². The second kappa shape index (κ2) is 7.41. The number of hydrogen-bond donors (Lipinski definition) is 1. The zero-order valence-electron chi connectivity index (χ0n) is 17.7. The lowest BCUT2D eigenvalue weighted by atomic mass is 9.62. The molecular formula is C24H28N2O2S2. The molecule has 0 aliphatic heterocycles. The lowest BCUT2D eigenvalue weighted by Crippen LogP contribution is -2.44. The number of hydrogen-bond acceptors (Lipinski definition) is 5. The van der Waals surface area contributed by atoms with Gasteiger partial charge >= 0.3 is 0 Å². The third kappa shape index (κ3) is 3.38. The molecule has 2 aromatic heterocycles. The van der Waals surface area contributed by atoms with Crippen molar-refractivity contribution in [2.24, 2.45) is 29.1 Å². The first-order chi connectivity index (χ1) is 14.4. The first kappa shape index (κ1) is 20.1. The van der Waals surface area contributed by atoms with Crippen molar-refractivity contribution in [2.45, 2.75) is 52.9 Å². The zero-order chi connectivity index (χ0) is 21.0. The van der Waals surface area contributed by atoms with Crippen LogP contribution < -0.4 is 5.32 Å². The van der Waals surface area contributed by atoms with E-state index in [1.54, 1.807) is 22.7 Å². The number of aldehydes is 1. The van der Waals surface area contributed by atoms with Crippen LogP contribution in [0.1, 0.15) is 49.2 Å². The molecule has 2 bridgehead atoms. The van der Waals surface area contributed by atoms with Gasteiger partial charge in [0.1, 0.15) is 16.3 Å². The summed E-state index contributed by atoms with van der Waals surface area (Å²) in [5.74, 6) is -0.0787. The van der Waals surface area contributed by atoms with Gasteiger partial charge in [-0.25, -0.2) is 4.98 Å². The predicted molar refractivity (Wildman–Crippen MR) is 123 cm³/mol. The van der Waals surface area contributed by atoms with E-state index in [0.29, 0.717) is 0 Å². The van der Waals surface area contributed by atoms with Gasteiger partial charge in [-0.2, -0.15) is 0 Å². The number of thiophene rings is 1. The van der Waals surface area contributed by atoms with Crippen LogP contribution in [-0.2, 0) is 22.4 Å². The number of rotatable bonds is 4. The van der Waals surface area contributed by atoms with Crippen LogP contribution >= 0.6 is 22.7 Å². The highest BCUT2D eigenvalue weighted by Gasteiger charge is 2.45. The van der Waals surface area contributed by atoms with E-state index < -0.39 is 0 Å². The molecule has 6 heteroatoms. The molecule has 4 aliphatic rings. The Kier molecular flexibility index (Phi) is 4.98. The van der Waals surface area contributed by atoms with Gasteiger partial charge < -0.3 is 10.1 Å². The fourth-order valence-electron chi connectivity index (χ4n) is 5.47. The van der Waals surface area contributed by atoms with Gasteiger partial charge in [-0.05, 0) is 61.8 Å². The van der Waals surface area contributed by atoms with Crippen LogP contribution in [0, 0.1) is 36.0 Å². The molecule has 1 amide bonds. The monoisotopic (exact) mass is 440 g/mol. The molecule has 0 saturated heterocycles. The summed E-state index contributed by atoms with van der Waals surface area (Å²) in [6.45, 7) is 6.65. The van der Waals surface area contributed by atoms with Crippen LogP contribution in [0.3, 0.4) is 0 Å². The molecule has 30 heavy (non-hydrogen) atoms. The molecule has 1 fully saturated rings. The summed E-state index contributed by atoms with van der Waals surface area (Å²) in [4.78, 5) is 31.4. The summed E-state index contributed by atoms with van der Waals surface area (Å²) in [6.07, 6.45) is 10.5. The first-order valence-electron chi connectivity index (χ1n) is 10.9. The SMILES string of the molecule is Cc1csc(-c2c(NC(=O)C3C4C=CC(CC4)C3C=O)sc3c2CCC(C)(C)C3)n1. The Morgan fingerprint density at radius 3 is 2.70 bits per heavy atom. The van der Waals surface area contributed by atoms with Gasteiger partial charge in [0.25, 0.3) is 0 Å². The number of aromatic nitrogens is 1. The largest absolute Gasteiger partial charge is 0.317 e. The second-order valence-corrected chi connectivity index (χ2v) is 11.8. The van der Waals surface area contributed by atoms with E-state index in [2.05, 4.69) is 36.7 Å². The van der Waals surface area contributed by atoms with Crippen LogP contribution in [0.5, 0.6) is 0 Å². The van der Waals surface area contributed by atoms with E-state index in [1.807, 2.05) is 6.92 Å². The topological polar surface area (TPSA) is 59.1 Å². The number of nitrogens with zero attached hydrogens (tertiary/aromatic N) is 1. The average Bonchev–Trinajstić information content (AvgIpc) is 3.29. The van der Waals surface area contributed by atoms with Gasteiger partial charge in [0.15, 0.2) is 0 Å². The van der Waals surface area contributed by atoms with E-state index in [-0.39, 0.29) is 35.0 Å². The number of carbonyl (C=O) groups excluding carboxylic acids is 2. The Bertz CT molecular complexity index is 1030. The van der Waals surface area contributed by atoms with Crippen molar-refractivity contribution in [2.75, 3.05) is 5.32 Å². The number of anilines is 1. The molecular weight excluding hydrogens is 412 g/mol. The number of aryl methyl sites for hydroxylation is 1. The highest BCUT2D eigenvalue weighted by atomic mass is 32.1. The summed E-state index contributed by atoms with van der Waals surface area (Å²) in [5, 5.41) is 7.27. The Hall–Kier alpha value is -1.79. The van der Waals surface area contributed by atoms with Gasteiger partial charge in [-0.1, -0.05) is 26.0 Å². The standard InChI is InChI=1S/C24H28N2O2S2/c1-13-12-29-22(25-13)20-16-8-9-24(2,3)10-18(16)30-23(20)26-21(28)19-15-6-4-14(5-7-15)17(19)11-27/h4,6,11-12,14-15,17,19H,5,7-10H2,1-3H3,(H,26,28). The molecule has 2 heterocycles. The van der Waals surface area contributed by atoms with Crippen molar-refractivity contribution in [3.05, 3.63) is 33.7 Å². The number of amides is 1. The molecule has 4 unspecified atom stereocenters. The number of fused-ring (bicyclic) bond motifs is 3. The van der Waals surface area contributed by atoms with Crippen molar-refractivity contribution < 1.29 is 9.59 Å². The Morgan fingerprint density at radius 1 is 1.27 bits per heavy atom. The molecule has 0 spiro atoms. The third-order valence-corrected chi connectivity index (χ3v) is 9.25. The highest BCUT2D eigenvalue weighted by molar-refractivity contribution is 7.18. The van der Waals surface area contributed by atoms with E-state index >= 15 is 0 Å². The fourth-order valence-corrected chi connectivity index (χ4v) is 7.92. The van der Waals surface area contributed by atoms with Crippen molar-refractivity contribution >= 4 is 39.9 Å². The van der Waals surface area contributed by atoms with Gasteiger partial charge in [0, 0.05) is 27.4 Å². The number of thiazole rings is 1. The summed E-state index contributed by atoms with van der Waals surface area (Å²) in [7, 11) is 0. The van der Waals surface area contributed by atoms with Crippen molar-refractivity contribution in [3.8, 4) is 10.6 Å². The summed E-state index contributed by atoms with van der Waals surface area (Å²) < 4.78 is 0. The predicted octanol–water partition coefficient (Wildman–Crippen LogP) is 5.66. The highest BCUT2D eigenvalue weighted by Crippen LogP contribution is 2.50. The minimum absolute atomic E-state index is 0.00136. The minimum atomic E-state index is -0.257. The van der Waals surface area contributed by atoms with Crippen LogP contribution in [0.15, 0.2) is 17.5 Å². The second-order valence-electron chi connectivity index (χ2n) is 9.86. The molecule has 0 aromatic carbocycles. The first-order valence-corrected chi connectivity index (χ1v) is 12.6. The van der Waals surface area contributed by atoms with Gasteiger partial charge in [-0.3, -0.25) is 4.79 Å². The van der Waals surface area contributed by atoms with Crippen molar-refractivity contribution in [1.29, 1.82) is 0 Å². The normalized spacial score (nSPS) is 28.9. The third-order valence-electron chi connectivity index (χ3n) is 7.12. The number of carbonyl (C=O) groups is 2. The van der Waals surface area contributed by atoms with Crippen LogP contribution in [0.4, 0.5) is 5.00 Å². The van der Waals surface area contributed by atoms with Gasteiger partial charge in [-0.15, -0.1) is 22.7 Å². The van der Waals surface area contributed by atoms with Gasteiger partial charge in [0.05, 0.1) is 5.92 Å². The summed E-state index contributed by atoms with van der Waals surface area (Å²) >= 11 is 3.37. The summed E-state index contributed by atoms with van der Waals surface area (Å²) in [5.41, 5.74) is 3.78. The Balaban J connectivity index is 1.51. The number of nitrogens with one attached hydrogen (secondary N) is 1. The fraction of sp³-hybridized carbons (Fsp3) is 0.542. The van der Waals surface area contributed by atoms with E-state index in [4.69, 9.17) is 4.98 Å². The van der Waals surface area contributed by atoms with Crippen molar-refractivity contribution in [1.82, 2.24) is 4.98 Å². The molecule has 1 N–H and O–H groups in total. The maximum Gasteiger partial charge on any atom is 0.229 e. The average molecular weight is 441 g/mol. The van der Waals surface area contributed by atoms with Gasteiger partial charge in [0.2, 0.25) is 5.91 Å². The maximum atomic E-state index is 13.4. The Labute approximate surface area is 185 Å². The minimum Gasteiger partial charge on any atom is -0.317 e. The maximum absolute atomic E-state index is 13.4. The van der Waals surface area contributed by atoms with Crippen LogP contribution in [0.2, 0.25) is 0 Å². The molecule has 4 atom stereocenters. The summed E-state index contributed by atoms with van der Waals surface area (Å²) in [6, 6.07) is 0. The number of allylic oxidation sites excluding steroid dienone is 2. The zero-order valence-corrected chi connectivity index (χ0v) is 19.4. The van der Waals surface area contributed by atoms with Crippen molar-refractivity contribution in [3.63, 3.8) is 0 Å². The Morgan fingerprint density at radius 2 is 2.03 bits per heavy atom.